The molecule has 1 atom stereocenters. The number of esters is 1. The highest BCUT2D eigenvalue weighted by molar-refractivity contribution is 7.17. The normalized spacial score (nSPS) is 16.5. The van der Waals surface area contributed by atoms with Crippen LogP contribution in [0.25, 0.3) is 5.76 Å². The summed E-state index contributed by atoms with van der Waals surface area (Å²) in [7, 11) is 0. The molecule has 8 nitrogen and oxygen atoms in total. The zero-order valence-electron chi connectivity index (χ0n) is 22.3. The van der Waals surface area contributed by atoms with E-state index in [2.05, 4.69) is 11.6 Å². The molecule has 0 bridgehead atoms. The van der Waals surface area contributed by atoms with E-state index in [1.54, 1.807) is 43.3 Å². The van der Waals surface area contributed by atoms with E-state index >= 15 is 0 Å². The van der Waals surface area contributed by atoms with Crippen LogP contribution in [-0.2, 0) is 14.3 Å². The molecule has 1 aromatic heterocycles. The molecule has 3 aromatic rings. The lowest BCUT2D eigenvalue weighted by Crippen LogP contribution is -2.29. The van der Waals surface area contributed by atoms with E-state index in [1.807, 2.05) is 32.9 Å². The summed E-state index contributed by atoms with van der Waals surface area (Å²) in [4.78, 5) is 45.2. The third-order valence-electron chi connectivity index (χ3n) is 6.06. The first-order valence-electron chi connectivity index (χ1n) is 12.5. The molecule has 202 valence electrons. The lowest BCUT2D eigenvalue weighted by atomic mass is 9.95. The average Bonchev–Trinajstić information content (AvgIpc) is 3.43. The fourth-order valence-electron chi connectivity index (χ4n) is 4.10. The molecule has 2 heterocycles. The highest BCUT2D eigenvalue weighted by Gasteiger charge is 2.48. The van der Waals surface area contributed by atoms with Crippen LogP contribution in [0, 0.1) is 19.8 Å². The van der Waals surface area contributed by atoms with Crippen LogP contribution in [0.5, 0.6) is 5.75 Å². The molecule has 2 aromatic carbocycles. The van der Waals surface area contributed by atoms with Gasteiger partial charge < -0.3 is 14.6 Å². The van der Waals surface area contributed by atoms with Gasteiger partial charge in [-0.05, 0) is 49.6 Å². The lowest BCUT2D eigenvalue weighted by Gasteiger charge is -2.23. The van der Waals surface area contributed by atoms with Gasteiger partial charge in [-0.3, -0.25) is 14.5 Å². The number of thiazole rings is 1. The van der Waals surface area contributed by atoms with Gasteiger partial charge >= 0.3 is 11.9 Å². The molecule has 1 fully saturated rings. The molecule has 1 N–H and O–H groups in total. The van der Waals surface area contributed by atoms with Crippen molar-refractivity contribution in [3.8, 4) is 5.75 Å². The number of anilines is 1. The average molecular weight is 547 g/mol. The Labute approximate surface area is 231 Å². The zero-order valence-corrected chi connectivity index (χ0v) is 23.1. The van der Waals surface area contributed by atoms with Crippen molar-refractivity contribution in [2.45, 2.75) is 33.7 Å². The standard InChI is InChI=1S/C30H30N2O6S/c1-6-15-37-29(36)27-19(5)31-30(39-27)32-24(20-9-7-18(4)8-10-20)23(26(34)28(32)35)25(33)21-11-13-22(14-12-21)38-16-17(2)3/h6-14,17,24,33H,1,15-16H2,2-5H3/b25-23+. The summed E-state index contributed by atoms with van der Waals surface area (Å²) in [5, 5.41) is 11.5. The molecule has 1 amide bonds. The molecule has 1 aliphatic heterocycles. The molecular formula is C30H30N2O6S. The third-order valence-corrected chi connectivity index (χ3v) is 7.19. The van der Waals surface area contributed by atoms with Gasteiger partial charge in [-0.2, -0.15) is 0 Å². The Bertz CT molecular complexity index is 1440. The number of hydrogen-bond donors (Lipinski definition) is 1. The van der Waals surface area contributed by atoms with Crippen LogP contribution in [0.3, 0.4) is 0 Å². The molecule has 0 spiro atoms. The van der Waals surface area contributed by atoms with Crippen LogP contribution in [0.2, 0.25) is 0 Å². The predicted molar refractivity (Wildman–Crippen MR) is 150 cm³/mol. The van der Waals surface area contributed by atoms with Gasteiger partial charge in [0.05, 0.1) is 23.9 Å². The Morgan fingerprint density at radius 1 is 1.13 bits per heavy atom. The van der Waals surface area contributed by atoms with Gasteiger partial charge in [0.25, 0.3) is 5.78 Å². The molecule has 1 saturated heterocycles. The second-order valence-electron chi connectivity index (χ2n) is 9.61. The van der Waals surface area contributed by atoms with Crippen molar-refractivity contribution in [1.29, 1.82) is 0 Å². The molecule has 9 heteroatoms. The number of benzene rings is 2. The van der Waals surface area contributed by atoms with Crippen LogP contribution in [0.15, 0.2) is 66.8 Å². The van der Waals surface area contributed by atoms with Gasteiger partial charge in [-0.1, -0.05) is 67.7 Å². The Morgan fingerprint density at radius 2 is 1.79 bits per heavy atom. The van der Waals surface area contributed by atoms with Crippen molar-refractivity contribution >= 4 is 39.9 Å². The SMILES string of the molecule is C=CCOC(=O)c1sc(N2C(=O)C(=O)/C(=C(/O)c3ccc(OCC(C)C)cc3)C2c2ccc(C)cc2)nc1C. The monoisotopic (exact) mass is 546 g/mol. The first kappa shape index (κ1) is 27.8. The van der Waals surface area contributed by atoms with E-state index < -0.39 is 23.7 Å². The Balaban J connectivity index is 1.80. The first-order valence-corrected chi connectivity index (χ1v) is 13.3. The predicted octanol–water partition coefficient (Wildman–Crippen LogP) is 5.76. The number of rotatable bonds is 9. The second-order valence-corrected chi connectivity index (χ2v) is 10.6. The maximum absolute atomic E-state index is 13.4. The molecule has 0 aliphatic carbocycles. The summed E-state index contributed by atoms with van der Waals surface area (Å²) in [5.41, 5.74) is 2.27. The van der Waals surface area contributed by atoms with Crippen molar-refractivity contribution < 1.29 is 29.0 Å². The first-order chi connectivity index (χ1) is 18.6. The summed E-state index contributed by atoms with van der Waals surface area (Å²) < 4.78 is 10.9. The highest BCUT2D eigenvalue weighted by atomic mass is 32.1. The fourth-order valence-corrected chi connectivity index (χ4v) is 5.08. The number of Topliss-reactive ketones (excluding diaryl/α,β-unsaturated/α-hetero) is 1. The van der Waals surface area contributed by atoms with E-state index in [1.165, 1.54) is 11.0 Å². The maximum Gasteiger partial charge on any atom is 0.350 e. The van der Waals surface area contributed by atoms with Gasteiger partial charge in [0.15, 0.2) is 5.13 Å². The molecule has 0 radical (unpaired) electrons. The molecule has 1 unspecified atom stereocenters. The summed E-state index contributed by atoms with van der Waals surface area (Å²) in [6.07, 6.45) is 1.45. The van der Waals surface area contributed by atoms with Crippen molar-refractivity contribution in [3.05, 3.63) is 94.0 Å². The van der Waals surface area contributed by atoms with E-state index in [-0.39, 0.29) is 27.9 Å². The number of aliphatic hydroxyl groups is 1. The largest absolute Gasteiger partial charge is 0.507 e. The maximum atomic E-state index is 13.4. The number of hydrogen-bond acceptors (Lipinski definition) is 8. The van der Waals surface area contributed by atoms with Crippen LogP contribution < -0.4 is 9.64 Å². The number of amides is 1. The molecular weight excluding hydrogens is 516 g/mol. The Morgan fingerprint density at radius 3 is 2.41 bits per heavy atom. The number of carbonyl (C=O) groups is 3. The van der Waals surface area contributed by atoms with Crippen molar-refractivity contribution in [3.63, 3.8) is 0 Å². The number of aryl methyl sites for hydroxylation is 2. The molecule has 4 rings (SSSR count). The number of carbonyl (C=O) groups excluding carboxylic acids is 3. The van der Waals surface area contributed by atoms with Crippen LogP contribution >= 0.6 is 11.3 Å². The van der Waals surface area contributed by atoms with Crippen molar-refractivity contribution in [1.82, 2.24) is 4.98 Å². The number of ketones is 1. The van der Waals surface area contributed by atoms with Gasteiger partial charge in [0, 0.05) is 5.56 Å². The summed E-state index contributed by atoms with van der Waals surface area (Å²) in [6.45, 7) is 11.8. The summed E-state index contributed by atoms with van der Waals surface area (Å²) >= 11 is 0.954. The van der Waals surface area contributed by atoms with Crippen LogP contribution in [-0.4, -0.2) is 41.0 Å². The molecule has 0 saturated carbocycles. The summed E-state index contributed by atoms with van der Waals surface area (Å²) in [5.74, 6) is -1.62. The van der Waals surface area contributed by atoms with E-state index in [0.29, 0.717) is 35.1 Å². The highest BCUT2D eigenvalue weighted by Crippen LogP contribution is 2.44. The number of aliphatic hydroxyl groups excluding tert-OH is 1. The smallest absolute Gasteiger partial charge is 0.350 e. The lowest BCUT2D eigenvalue weighted by molar-refractivity contribution is -0.132. The molecule has 1 aliphatic rings. The number of nitrogens with zero attached hydrogens (tertiary/aromatic N) is 2. The van der Waals surface area contributed by atoms with Gasteiger partial charge in [0.2, 0.25) is 0 Å². The minimum Gasteiger partial charge on any atom is -0.507 e. The van der Waals surface area contributed by atoms with Crippen LogP contribution in [0.1, 0.15) is 51.9 Å². The third kappa shape index (κ3) is 5.78. The number of ether oxygens (including phenoxy) is 2. The summed E-state index contributed by atoms with van der Waals surface area (Å²) in [6, 6.07) is 13.1. The Hall–Kier alpha value is -4.24. The van der Waals surface area contributed by atoms with Gasteiger partial charge in [-0.25, -0.2) is 9.78 Å². The topological polar surface area (TPSA) is 106 Å². The van der Waals surface area contributed by atoms with Gasteiger partial charge in [0.1, 0.15) is 23.0 Å². The van der Waals surface area contributed by atoms with Gasteiger partial charge in [-0.15, -0.1) is 0 Å². The fraction of sp³-hybridized carbons (Fsp3) is 0.267. The second kappa shape index (κ2) is 11.7. The Kier molecular flexibility index (Phi) is 8.30. The zero-order chi connectivity index (χ0) is 28.3. The van der Waals surface area contributed by atoms with E-state index in [0.717, 1.165) is 16.9 Å². The van der Waals surface area contributed by atoms with Crippen LogP contribution in [0.4, 0.5) is 5.13 Å². The number of aromatic nitrogens is 1. The van der Waals surface area contributed by atoms with Crippen molar-refractivity contribution in [2.75, 3.05) is 18.1 Å². The van der Waals surface area contributed by atoms with Crippen molar-refractivity contribution in [2.24, 2.45) is 5.92 Å². The molecule has 39 heavy (non-hydrogen) atoms. The van der Waals surface area contributed by atoms with E-state index in [4.69, 9.17) is 9.47 Å². The quantitative estimate of drug-likeness (QED) is 0.120. The van der Waals surface area contributed by atoms with E-state index in [9.17, 15) is 19.5 Å². The minimum absolute atomic E-state index is 0.0285. The minimum atomic E-state index is -0.954.